The highest BCUT2D eigenvalue weighted by molar-refractivity contribution is 5.83. The highest BCUT2D eigenvalue weighted by Crippen LogP contribution is 2.19. The van der Waals surface area contributed by atoms with Crippen LogP contribution in [0.25, 0.3) is 10.9 Å². The molecule has 0 bridgehead atoms. The molecule has 2 rings (SSSR count). The number of halogens is 1. The number of carbonyl (C=O) groups is 1. The molecule has 0 aliphatic heterocycles. The van der Waals surface area contributed by atoms with Crippen molar-refractivity contribution in [2.45, 2.75) is 32.7 Å². The van der Waals surface area contributed by atoms with Gasteiger partial charge in [-0.15, -0.1) is 0 Å². The number of nitrogens with one attached hydrogen (secondary N) is 3. The van der Waals surface area contributed by atoms with Crippen LogP contribution in [0.15, 0.2) is 24.4 Å². The van der Waals surface area contributed by atoms with Crippen molar-refractivity contribution in [2.24, 2.45) is 5.92 Å². The first-order valence-electron chi connectivity index (χ1n) is 8.79. The number of aromatic nitrogens is 1. The molecule has 0 aliphatic carbocycles. The zero-order chi connectivity index (χ0) is 18.4. The van der Waals surface area contributed by atoms with Gasteiger partial charge in [0.1, 0.15) is 5.82 Å². The summed E-state index contributed by atoms with van der Waals surface area (Å²) in [6.45, 7) is 5.66. The summed E-state index contributed by atoms with van der Waals surface area (Å²) in [5, 5.41) is 6.97. The molecule has 0 aliphatic rings. The number of hydrogen-bond acceptors (Lipinski definition) is 2. The molecule has 1 atom stereocenters. The van der Waals surface area contributed by atoms with Gasteiger partial charge in [0, 0.05) is 36.2 Å². The molecular weight excluding hydrogens is 319 g/mol. The first-order chi connectivity index (χ1) is 11.8. The van der Waals surface area contributed by atoms with E-state index in [4.69, 9.17) is 0 Å². The Morgan fingerprint density at radius 1 is 1.32 bits per heavy atom. The Morgan fingerprint density at radius 3 is 2.76 bits per heavy atom. The van der Waals surface area contributed by atoms with Crippen LogP contribution in [0.1, 0.15) is 25.8 Å². The zero-order valence-corrected chi connectivity index (χ0v) is 15.5. The fourth-order valence-electron chi connectivity index (χ4n) is 3.10. The summed E-state index contributed by atoms with van der Waals surface area (Å²) in [5.74, 6) is 0.271. The van der Waals surface area contributed by atoms with Crippen molar-refractivity contribution < 1.29 is 9.18 Å². The SMILES string of the molecule is CC(C)CC(CN(C)C)NC(=O)NCCc1c[nH]c2cc(F)ccc12. The minimum absolute atomic E-state index is 0.131. The van der Waals surface area contributed by atoms with E-state index in [1.165, 1.54) is 12.1 Å². The molecule has 2 amide bonds. The largest absolute Gasteiger partial charge is 0.361 e. The van der Waals surface area contributed by atoms with Crippen molar-refractivity contribution in [3.05, 3.63) is 35.8 Å². The summed E-state index contributed by atoms with van der Waals surface area (Å²) in [7, 11) is 4.01. The Labute approximate surface area is 149 Å². The molecular formula is C19H29FN4O. The van der Waals surface area contributed by atoms with E-state index in [1.54, 1.807) is 6.07 Å². The van der Waals surface area contributed by atoms with Crippen molar-refractivity contribution in [2.75, 3.05) is 27.2 Å². The minimum Gasteiger partial charge on any atom is -0.361 e. The highest BCUT2D eigenvalue weighted by Gasteiger charge is 2.15. The maximum Gasteiger partial charge on any atom is 0.315 e. The molecule has 1 heterocycles. The van der Waals surface area contributed by atoms with Crippen LogP contribution in [0.3, 0.4) is 0 Å². The zero-order valence-electron chi connectivity index (χ0n) is 15.5. The standard InChI is InChI=1S/C19H29FN4O/c1-13(2)9-16(12-24(3)4)23-19(25)21-8-7-14-11-22-18-10-15(20)5-6-17(14)18/h5-6,10-11,13,16,22H,7-9,12H2,1-4H3,(H2,21,23,25). The van der Waals surface area contributed by atoms with Gasteiger partial charge in [0.05, 0.1) is 0 Å². The molecule has 1 aromatic carbocycles. The van der Waals surface area contributed by atoms with Gasteiger partial charge >= 0.3 is 6.03 Å². The second-order valence-electron chi connectivity index (χ2n) is 7.24. The number of carbonyl (C=O) groups excluding carboxylic acids is 1. The number of hydrogen-bond donors (Lipinski definition) is 3. The van der Waals surface area contributed by atoms with Gasteiger partial charge in [-0.3, -0.25) is 0 Å². The van der Waals surface area contributed by atoms with E-state index >= 15 is 0 Å². The van der Waals surface area contributed by atoms with Gasteiger partial charge in [-0.2, -0.15) is 0 Å². The van der Waals surface area contributed by atoms with Crippen LogP contribution in [-0.2, 0) is 6.42 Å². The summed E-state index contributed by atoms with van der Waals surface area (Å²) in [6.07, 6.45) is 3.51. The fraction of sp³-hybridized carbons (Fsp3) is 0.526. The maximum absolute atomic E-state index is 13.2. The van der Waals surface area contributed by atoms with Crippen molar-refractivity contribution in [3.63, 3.8) is 0 Å². The van der Waals surface area contributed by atoms with Gasteiger partial charge in [-0.1, -0.05) is 13.8 Å². The lowest BCUT2D eigenvalue weighted by molar-refractivity contribution is 0.229. The summed E-state index contributed by atoms with van der Waals surface area (Å²) >= 11 is 0. The third kappa shape index (κ3) is 6.05. The van der Waals surface area contributed by atoms with Crippen molar-refractivity contribution in [3.8, 4) is 0 Å². The number of urea groups is 1. The number of fused-ring (bicyclic) bond motifs is 1. The number of amides is 2. The van der Waals surface area contributed by atoms with Crippen LogP contribution >= 0.6 is 0 Å². The average molecular weight is 348 g/mol. The van der Waals surface area contributed by atoms with Crippen LogP contribution in [0.2, 0.25) is 0 Å². The van der Waals surface area contributed by atoms with Crippen molar-refractivity contribution >= 4 is 16.9 Å². The second kappa shape index (κ2) is 8.85. The Kier molecular flexibility index (Phi) is 6.82. The van der Waals surface area contributed by atoms with Crippen LogP contribution in [0, 0.1) is 11.7 Å². The minimum atomic E-state index is -0.254. The number of rotatable bonds is 8. The molecule has 0 spiro atoms. The second-order valence-corrected chi connectivity index (χ2v) is 7.24. The number of aromatic amines is 1. The third-order valence-corrected chi connectivity index (χ3v) is 4.09. The summed E-state index contributed by atoms with van der Waals surface area (Å²) in [5.41, 5.74) is 1.85. The topological polar surface area (TPSA) is 60.2 Å². The van der Waals surface area contributed by atoms with Crippen LogP contribution in [0.4, 0.5) is 9.18 Å². The number of nitrogens with zero attached hydrogens (tertiary/aromatic N) is 1. The molecule has 6 heteroatoms. The number of H-pyrrole nitrogens is 1. The lowest BCUT2D eigenvalue weighted by atomic mass is 10.0. The van der Waals surface area contributed by atoms with Crippen LogP contribution in [-0.4, -0.2) is 49.1 Å². The summed E-state index contributed by atoms with van der Waals surface area (Å²) < 4.78 is 13.2. The molecule has 25 heavy (non-hydrogen) atoms. The molecule has 0 saturated heterocycles. The predicted molar refractivity (Wildman–Crippen MR) is 100 cm³/mol. The maximum atomic E-state index is 13.2. The Hall–Kier alpha value is -2.08. The van der Waals surface area contributed by atoms with E-state index in [9.17, 15) is 9.18 Å². The Morgan fingerprint density at radius 2 is 2.08 bits per heavy atom. The average Bonchev–Trinajstić information content (AvgIpc) is 2.88. The fourth-order valence-corrected chi connectivity index (χ4v) is 3.10. The molecule has 3 N–H and O–H groups in total. The lowest BCUT2D eigenvalue weighted by Crippen LogP contribution is -2.47. The van der Waals surface area contributed by atoms with Crippen LogP contribution < -0.4 is 10.6 Å². The van der Waals surface area contributed by atoms with Gasteiger partial charge in [0.2, 0.25) is 0 Å². The third-order valence-electron chi connectivity index (χ3n) is 4.09. The predicted octanol–water partition coefficient (Wildman–Crippen LogP) is 3.13. The molecule has 0 saturated carbocycles. The van der Waals surface area contributed by atoms with E-state index in [-0.39, 0.29) is 17.9 Å². The van der Waals surface area contributed by atoms with Crippen LogP contribution in [0.5, 0.6) is 0 Å². The van der Waals surface area contributed by atoms with Crippen molar-refractivity contribution in [1.82, 2.24) is 20.5 Å². The summed E-state index contributed by atoms with van der Waals surface area (Å²) in [4.78, 5) is 17.3. The monoisotopic (exact) mass is 348 g/mol. The summed E-state index contributed by atoms with van der Waals surface area (Å²) in [6, 6.07) is 4.70. The van der Waals surface area contributed by atoms with Gasteiger partial charge in [-0.25, -0.2) is 9.18 Å². The first kappa shape index (κ1) is 19.2. The van der Waals surface area contributed by atoms with Gasteiger partial charge in [0.25, 0.3) is 0 Å². The molecule has 1 aromatic heterocycles. The molecule has 0 fully saturated rings. The smallest absolute Gasteiger partial charge is 0.315 e. The Bertz CT molecular complexity index is 686. The van der Waals surface area contributed by atoms with Crippen molar-refractivity contribution in [1.29, 1.82) is 0 Å². The molecule has 5 nitrogen and oxygen atoms in total. The van der Waals surface area contributed by atoms with E-state index < -0.39 is 0 Å². The normalized spacial score (nSPS) is 12.8. The van der Waals surface area contributed by atoms with Gasteiger partial charge in [0.15, 0.2) is 0 Å². The number of likely N-dealkylation sites (N-methyl/N-ethyl adjacent to an activating group) is 1. The highest BCUT2D eigenvalue weighted by atomic mass is 19.1. The van der Waals surface area contributed by atoms with Gasteiger partial charge < -0.3 is 20.5 Å². The first-order valence-corrected chi connectivity index (χ1v) is 8.79. The van der Waals surface area contributed by atoms with E-state index in [2.05, 4.69) is 34.4 Å². The molecule has 138 valence electrons. The molecule has 1 unspecified atom stereocenters. The quantitative estimate of drug-likeness (QED) is 0.686. The van der Waals surface area contributed by atoms with E-state index in [0.29, 0.717) is 18.9 Å². The Balaban J connectivity index is 1.84. The number of benzene rings is 1. The van der Waals surface area contributed by atoms with E-state index in [1.807, 2.05) is 20.3 Å². The molecule has 2 aromatic rings. The lowest BCUT2D eigenvalue weighted by Gasteiger charge is -2.24. The van der Waals surface area contributed by atoms with E-state index in [0.717, 1.165) is 29.4 Å². The van der Waals surface area contributed by atoms with Gasteiger partial charge in [-0.05, 0) is 56.6 Å². The molecule has 0 radical (unpaired) electrons.